The number of hydrogen-bond acceptors (Lipinski definition) is 6. The van der Waals surface area contributed by atoms with Crippen molar-refractivity contribution in [2.24, 2.45) is 5.92 Å². The average molecular weight is 501 g/mol. The van der Waals surface area contributed by atoms with Crippen LogP contribution in [0.25, 0.3) is 11.5 Å². The Bertz CT molecular complexity index is 1320. The molecule has 0 bridgehead atoms. The van der Waals surface area contributed by atoms with Crippen molar-refractivity contribution in [1.82, 2.24) is 10.1 Å². The molecule has 0 unspecified atom stereocenters. The number of rotatable bonds is 6. The number of carboxylic acid groups (broad SMARTS) is 1. The van der Waals surface area contributed by atoms with E-state index in [2.05, 4.69) is 28.0 Å². The lowest BCUT2D eigenvalue weighted by atomic mass is 9.67. The van der Waals surface area contributed by atoms with Crippen LogP contribution < -0.4 is 9.47 Å². The topological polar surface area (TPSA) is 94.7 Å². The van der Waals surface area contributed by atoms with Crippen LogP contribution in [0.1, 0.15) is 68.3 Å². The maximum atomic E-state index is 11.7. The Labute approximate surface area is 217 Å². The highest BCUT2D eigenvalue weighted by Gasteiger charge is 2.38. The summed E-state index contributed by atoms with van der Waals surface area (Å²) in [6, 6.07) is 13.8. The predicted molar refractivity (Wildman–Crippen MR) is 138 cm³/mol. The molecule has 2 aliphatic carbocycles. The number of benzene rings is 2. The standard InChI is InChI=1S/C30H32N2O5/c1-20-31-28(37-32-20)23-7-5-6-21(18-23)12-15-30(16-13-22(14-17-30)29(33)34)24-10-11-26(35-2)27(19-24)36-25-8-3-4-9-25/h5-7,10-11,18-19,22,25H,3-4,8-9,13-14,16-17H2,1-2H3,(H,33,34)/t22-,30-. The molecule has 37 heavy (non-hydrogen) atoms. The van der Waals surface area contributed by atoms with Crippen LogP contribution in [0.5, 0.6) is 11.5 Å². The third-order valence-corrected chi connectivity index (χ3v) is 7.58. The number of carbonyl (C=O) groups is 1. The molecule has 0 spiro atoms. The number of aliphatic carboxylic acids is 1. The van der Waals surface area contributed by atoms with E-state index in [0.29, 0.717) is 43.1 Å². The molecule has 192 valence electrons. The minimum absolute atomic E-state index is 0.199. The molecule has 7 heteroatoms. The van der Waals surface area contributed by atoms with Crippen molar-refractivity contribution in [2.75, 3.05) is 7.11 Å². The molecule has 0 amide bonds. The Morgan fingerprint density at radius 2 is 1.86 bits per heavy atom. The van der Waals surface area contributed by atoms with Crippen LogP contribution >= 0.6 is 0 Å². The van der Waals surface area contributed by atoms with E-state index in [1.54, 1.807) is 14.0 Å². The summed E-state index contributed by atoms with van der Waals surface area (Å²) in [5.74, 6) is 8.35. The van der Waals surface area contributed by atoms with Gasteiger partial charge in [0.25, 0.3) is 5.89 Å². The molecule has 5 rings (SSSR count). The molecule has 2 saturated carbocycles. The molecule has 1 N–H and O–H groups in total. The summed E-state index contributed by atoms with van der Waals surface area (Å²) in [6.07, 6.45) is 7.14. The summed E-state index contributed by atoms with van der Waals surface area (Å²) in [4.78, 5) is 16.0. The molecule has 0 saturated heterocycles. The van der Waals surface area contributed by atoms with E-state index in [1.807, 2.05) is 36.4 Å². The van der Waals surface area contributed by atoms with Crippen LogP contribution in [-0.4, -0.2) is 34.4 Å². The molecule has 1 aromatic heterocycles. The van der Waals surface area contributed by atoms with E-state index in [9.17, 15) is 9.90 Å². The molecule has 0 radical (unpaired) electrons. The first-order valence-corrected chi connectivity index (χ1v) is 13.0. The van der Waals surface area contributed by atoms with Gasteiger partial charge in [0.1, 0.15) is 0 Å². The Morgan fingerprint density at radius 1 is 1.08 bits per heavy atom. The molecular formula is C30H32N2O5. The Hall–Kier alpha value is -3.79. The molecule has 0 aliphatic heterocycles. The SMILES string of the molecule is COc1ccc([C@]2(C#Cc3cccc(-c4nc(C)no4)c3)CC[C@@H](C(=O)O)CC2)cc1OC1CCCC1. The number of methoxy groups -OCH3 is 1. The van der Waals surface area contributed by atoms with Crippen molar-refractivity contribution >= 4 is 5.97 Å². The van der Waals surface area contributed by atoms with Crippen LogP contribution in [-0.2, 0) is 10.2 Å². The van der Waals surface area contributed by atoms with Crippen LogP contribution in [0.3, 0.4) is 0 Å². The van der Waals surface area contributed by atoms with Gasteiger partial charge in [0.2, 0.25) is 0 Å². The molecule has 2 aromatic carbocycles. The normalized spacial score (nSPS) is 21.7. The van der Waals surface area contributed by atoms with Gasteiger partial charge in [-0.05, 0) is 94.2 Å². The highest BCUT2D eigenvalue weighted by atomic mass is 16.5. The van der Waals surface area contributed by atoms with Crippen LogP contribution in [0.4, 0.5) is 0 Å². The third-order valence-electron chi connectivity index (χ3n) is 7.58. The van der Waals surface area contributed by atoms with Crippen LogP contribution in [0.2, 0.25) is 0 Å². The lowest BCUT2D eigenvalue weighted by Crippen LogP contribution is -2.33. The third kappa shape index (κ3) is 5.48. The largest absolute Gasteiger partial charge is 0.493 e. The van der Waals surface area contributed by atoms with Crippen molar-refractivity contribution in [3.05, 3.63) is 59.4 Å². The van der Waals surface area contributed by atoms with Crippen LogP contribution in [0.15, 0.2) is 47.0 Å². The minimum Gasteiger partial charge on any atom is -0.493 e. The molecule has 3 aromatic rings. The zero-order valence-corrected chi connectivity index (χ0v) is 21.3. The van der Waals surface area contributed by atoms with E-state index in [0.717, 1.165) is 35.3 Å². The smallest absolute Gasteiger partial charge is 0.306 e. The second kappa shape index (κ2) is 10.7. The molecule has 2 aliphatic rings. The number of hydrogen-bond donors (Lipinski definition) is 1. The Morgan fingerprint density at radius 3 is 2.54 bits per heavy atom. The second-order valence-electron chi connectivity index (χ2n) is 10.1. The van der Waals surface area contributed by atoms with Gasteiger partial charge < -0.3 is 19.1 Å². The number of carboxylic acids is 1. The summed E-state index contributed by atoms with van der Waals surface area (Å²) in [6.45, 7) is 1.79. The molecule has 2 fully saturated rings. The van der Waals surface area contributed by atoms with Gasteiger partial charge in [-0.15, -0.1) is 0 Å². The summed E-state index contributed by atoms with van der Waals surface area (Å²) in [5, 5.41) is 13.5. The van der Waals surface area contributed by atoms with Crippen molar-refractivity contribution in [3.8, 4) is 34.8 Å². The van der Waals surface area contributed by atoms with Crippen molar-refractivity contribution in [1.29, 1.82) is 0 Å². The maximum absolute atomic E-state index is 11.7. The van der Waals surface area contributed by atoms with Gasteiger partial charge in [0.15, 0.2) is 17.3 Å². The molecule has 0 atom stereocenters. The predicted octanol–water partition coefficient (Wildman–Crippen LogP) is 5.94. The second-order valence-corrected chi connectivity index (χ2v) is 10.1. The first-order valence-electron chi connectivity index (χ1n) is 13.0. The fourth-order valence-electron chi connectivity index (χ4n) is 5.43. The summed E-state index contributed by atoms with van der Waals surface area (Å²) in [5.41, 5.74) is 2.21. The summed E-state index contributed by atoms with van der Waals surface area (Å²) >= 11 is 0. The van der Waals surface area contributed by atoms with Gasteiger partial charge in [0.05, 0.1) is 24.5 Å². The van der Waals surface area contributed by atoms with Gasteiger partial charge in [0, 0.05) is 11.1 Å². The highest BCUT2D eigenvalue weighted by Crippen LogP contribution is 2.44. The Balaban J connectivity index is 1.50. The summed E-state index contributed by atoms with van der Waals surface area (Å²) < 4.78 is 17.3. The zero-order valence-electron chi connectivity index (χ0n) is 21.3. The molecular weight excluding hydrogens is 468 g/mol. The van der Waals surface area contributed by atoms with E-state index in [4.69, 9.17) is 14.0 Å². The number of nitrogens with zero attached hydrogens (tertiary/aromatic N) is 2. The van der Waals surface area contributed by atoms with E-state index in [1.165, 1.54) is 12.8 Å². The summed E-state index contributed by atoms with van der Waals surface area (Å²) in [7, 11) is 1.65. The minimum atomic E-state index is -0.732. The monoisotopic (exact) mass is 500 g/mol. The number of aromatic nitrogens is 2. The van der Waals surface area contributed by atoms with Gasteiger partial charge in [-0.3, -0.25) is 4.79 Å². The fraction of sp³-hybridized carbons (Fsp3) is 0.433. The number of aryl methyl sites for hydroxylation is 1. The average Bonchev–Trinajstić information content (AvgIpc) is 3.59. The van der Waals surface area contributed by atoms with Crippen LogP contribution in [0, 0.1) is 24.7 Å². The molecule has 7 nitrogen and oxygen atoms in total. The van der Waals surface area contributed by atoms with E-state index in [-0.39, 0.29) is 12.0 Å². The Kier molecular flexibility index (Phi) is 7.18. The molecule has 1 heterocycles. The fourth-order valence-corrected chi connectivity index (χ4v) is 5.43. The van der Waals surface area contributed by atoms with Crippen molar-refractivity contribution in [2.45, 2.75) is 69.8 Å². The highest BCUT2D eigenvalue weighted by molar-refractivity contribution is 5.70. The van der Waals surface area contributed by atoms with Crippen molar-refractivity contribution in [3.63, 3.8) is 0 Å². The van der Waals surface area contributed by atoms with Gasteiger partial charge >= 0.3 is 5.97 Å². The first-order chi connectivity index (χ1) is 18.0. The first kappa shape index (κ1) is 24.9. The van der Waals surface area contributed by atoms with Gasteiger partial charge in [-0.1, -0.05) is 29.1 Å². The van der Waals surface area contributed by atoms with Gasteiger partial charge in [-0.25, -0.2) is 0 Å². The van der Waals surface area contributed by atoms with Crippen molar-refractivity contribution < 1.29 is 23.9 Å². The maximum Gasteiger partial charge on any atom is 0.306 e. The lowest BCUT2D eigenvalue weighted by molar-refractivity contribution is -0.143. The number of ether oxygens (including phenoxy) is 2. The quantitative estimate of drug-likeness (QED) is 0.419. The zero-order chi connectivity index (χ0) is 25.8. The van der Waals surface area contributed by atoms with Gasteiger partial charge in [-0.2, -0.15) is 4.98 Å². The van der Waals surface area contributed by atoms with E-state index >= 15 is 0 Å². The van der Waals surface area contributed by atoms with E-state index < -0.39 is 11.4 Å². The lowest BCUT2D eigenvalue weighted by Gasteiger charge is -2.36.